The third kappa shape index (κ3) is 1.93. The first-order valence-corrected chi connectivity index (χ1v) is 6.13. The molecule has 0 spiro atoms. The van der Waals surface area contributed by atoms with E-state index in [1.165, 1.54) is 12.8 Å². The number of ether oxygens (including phenoxy) is 2. The van der Waals surface area contributed by atoms with Crippen molar-refractivity contribution < 1.29 is 9.47 Å². The number of anilines is 1. The molecule has 2 heterocycles. The average molecular weight is 234 g/mol. The van der Waals surface area contributed by atoms with Crippen LogP contribution in [0.4, 0.5) is 5.69 Å². The summed E-state index contributed by atoms with van der Waals surface area (Å²) in [6.07, 6.45) is 2.57. The van der Waals surface area contributed by atoms with E-state index in [2.05, 4.69) is 11.9 Å². The van der Waals surface area contributed by atoms with Gasteiger partial charge in [0.15, 0.2) is 11.5 Å². The van der Waals surface area contributed by atoms with Crippen molar-refractivity contribution >= 4 is 5.69 Å². The summed E-state index contributed by atoms with van der Waals surface area (Å²) >= 11 is 0. The SMILES string of the molecule is CN1CCC[C@H]1[C@H]1COc2cc(N)ccc2O1. The van der Waals surface area contributed by atoms with Gasteiger partial charge in [-0.2, -0.15) is 0 Å². The van der Waals surface area contributed by atoms with E-state index in [-0.39, 0.29) is 6.10 Å². The summed E-state index contributed by atoms with van der Waals surface area (Å²) in [5.74, 6) is 1.58. The molecule has 1 aromatic carbocycles. The molecule has 1 saturated heterocycles. The van der Waals surface area contributed by atoms with Crippen molar-refractivity contribution in [2.45, 2.75) is 25.0 Å². The molecule has 2 aliphatic rings. The highest BCUT2D eigenvalue weighted by Gasteiger charge is 2.34. The van der Waals surface area contributed by atoms with Crippen molar-refractivity contribution in [2.75, 3.05) is 25.9 Å². The molecule has 3 rings (SSSR count). The third-order valence-electron chi connectivity index (χ3n) is 3.66. The lowest BCUT2D eigenvalue weighted by molar-refractivity contribution is 0.0370. The van der Waals surface area contributed by atoms with Gasteiger partial charge in [-0.05, 0) is 38.6 Å². The molecule has 0 aliphatic carbocycles. The summed E-state index contributed by atoms with van der Waals surface area (Å²) in [7, 11) is 2.15. The van der Waals surface area contributed by atoms with Crippen LogP contribution in [-0.2, 0) is 0 Å². The van der Waals surface area contributed by atoms with Gasteiger partial charge in [-0.3, -0.25) is 4.90 Å². The number of nitrogens with zero attached hydrogens (tertiary/aromatic N) is 1. The topological polar surface area (TPSA) is 47.7 Å². The minimum absolute atomic E-state index is 0.138. The minimum atomic E-state index is 0.138. The second-order valence-corrected chi connectivity index (χ2v) is 4.86. The Bertz CT molecular complexity index is 422. The predicted octanol–water partition coefficient (Wildman–Crippen LogP) is 1.50. The Morgan fingerprint density at radius 2 is 2.24 bits per heavy atom. The monoisotopic (exact) mass is 234 g/mol. The molecule has 2 aliphatic heterocycles. The first kappa shape index (κ1) is 10.7. The van der Waals surface area contributed by atoms with Gasteiger partial charge in [0.25, 0.3) is 0 Å². The first-order chi connectivity index (χ1) is 8.24. The van der Waals surface area contributed by atoms with Crippen LogP contribution in [0.5, 0.6) is 11.5 Å². The molecule has 17 heavy (non-hydrogen) atoms. The lowest BCUT2D eigenvalue weighted by Gasteiger charge is -2.33. The Balaban J connectivity index is 1.78. The Morgan fingerprint density at radius 3 is 3.00 bits per heavy atom. The normalized spacial score (nSPS) is 28.3. The van der Waals surface area contributed by atoms with Crippen molar-refractivity contribution in [1.29, 1.82) is 0 Å². The second kappa shape index (κ2) is 4.11. The van der Waals surface area contributed by atoms with E-state index in [0.717, 1.165) is 18.0 Å². The van der Waals surface area contributed by atoms with Crippen LogP contribution in [0.1, 0.15) is 12.8 Å². The number of likely N-dealkylation sites (tertiary alicyclic amines) is 1. The first-order valence-electron chi connectivity index (χ1n) is 6.13. The molecule has 0 bridgehead atoms. The predicted molar refractivity (Wildman–Crippen MR) is 66.4 cm³/mol. The zero-order chi connectivity index (χ0) is 11.8. The molecule has 1 fully saturated rings. The van der Waals surface area contributed by atoms with Crippen LogP contribution in [0.25, 0.3) is 0 Å². The molecule has 2 N–H and O–H groups in total. The van der Waals surface area contributed by atoms with E-state index < -0.39 is 0 Å². The van der Waals surface area contributed by atoms with E-state index in [0.29, 0.717) is 18.3 Å². The third-order valence-corrected chi connectivity index (χ3v) is 3.66. The van der Waals surface area contributed by atoms with Crippen molar-refractivity contribution in [1.82, 2.24) is 4.90 Å². The highest BCUT2D eigenvalue weighted by molar-refractivity contribution is 5.52. The van der Waals surface area contributed by atoms with Crippen molar-refractivity contribution in [2.24, 2.45) is 0 Å². The standard InChI is InChI=1S/C13H18N2O2/c1-15-6-2-3-10(15)13-8-16-12-7-9(14)4-5-11(12)17-13/h4-5,7,10,13H,2-3,6,8,14H2,1H3/t10-,13+/m0/s1. The number of nitrogens with two attached hydrogens (primary N) is 1. The van der Waals surface area contributed by atoms with E-state index >= 15 is 0 Å². The molecule has 0 amide bonds. The number of fused-ring (bicyclic) bond motifs is 1. The number of hydrogen-bond donors (Lipinski definition) is 1. The maximum absolute atomic E-state index is 6.02. The summed E-state index contributed by atoms with van der Waals surface area (Å²) in [4.78, 5) is 2.36. The van der Waals surface area contributed by atoms with Gasteiger partial charge in [0.1, 0.15) is 12.7 Å². The van der Waals surface area contributed by atoms with E-state index in [1.54, 1.807) is 0 Å². The van der Waals surface area contributed by atoms with Gasteiger partial charge in [-0.25, -0.2) is 0 Å². The largest absolute Gasteiger partial charge is 0.486 e. The van der Waals surface area contributed by atoms with Crippen molar-refractivity contribution in [3.63, 3.8) is 0 Å². The van der Waals surface area contributed by atoms with Crippen LogP contribution < -0.4 is 15.2 Å². The molecule has 1 aromatic rings. The molecular weight excluding hydrogens is 216 g/mol. The Morgan fingerprint density at radius 1 is 1.35 bits per heavy atom. The number of nitrogen functional groups attached to an aromatic ring is 1. The average Bonchev–Trinajstić information content (AvgIpc) is 2.75. The highest BCUT2D eigenvalue weighted by atomic mass is 16.6. The fourth-order valence-electron chi connectivity index (χ4n) is 2.70. The quantitative estimate of drug-likeness (QED) is 0.748. The molecule has 0 unspecified atom stereocenters. The zero-order valence-electron chi connectivity index (χ0n) is 10.1. The Hall–Kier alpha value is -1.42. The van der Waals surface area contributed by atoms with Crippen molar-refractivity contribution in [3.8, 4) is 11.5 Å². The molecule has 2 atom stereocenters. The minimum Gasteiger partial charge on any atom is -0.486 e. The van der Waals surface area contributed by atoms with Crippen LogP contribution in [0.3, 0.4) is 0 Å². The molecule has 0 aromatic heterocycles. The number of hydrogen-bond acceptors (Lipinski definition) is 4. The van der Waals surface area contributed by atoms with Gasteiger partial charge in [-0.1, -0.05) is 0 Å². The zero-order valence-corrected chi connectivity index (χ0v) is 10.1. The number of benzene rings is 1. The van der Waals surface area contributed by atoms with Crippen LogP contribution >= 0.6 is 0 Å². The van der Waals surface area contributed by atoms with Gasteiger partial charge >= 0.3 is 0 Å². The number of likely N-dealkylation sites (N-methyl/N-ethyl adjacent to an activating group) is 1. The summed E-state index contributed by atoms with van der Waals surface area (Å²) in [5.41, 5.74) is 6.43. The van der Waals surface area contributed by atoms with Gasteiger partial charge < -0.3 is 15.2 Å². The maximum atomic E-state index is 6.02. The van der Waals surface area contributed by atoms with Gasteiger partial charge in [-0.15, -0.1) is 0 Å². The van der Waals surface area contributed by atoms with Crippen LogP contribution in [0.2, 0.25) is 0 Å². The summed E-state index contributed by atoms with van der Waals surface area (Å²) < 4.78 is 11.8. The fraction of sp³-hybridized carbons (Fsp3) is 0.538. The highest BCUT2D eigenvalue weighted by Crippen LogP contribution is 2.35. The summed E-state index contributed by atoms with van der Waals surface area (Å²) in [6.45, 7) is 1.77. The van der Waals surface area contributed by atoms with Crippen LogP contribution in [0, 0.1) is 0 Å². The summed E-state index contributed by atoms with van der Waals surface area (Å²) in [5, 5.41) is 0. The van der Waals surface area contributed by atoms with Crippen LogP contribution in [-0.4, -0.2) is 37.2 Å². The van der Waals surface area contributed by atoms with E-state index in [4.69, 9.17) is 15.2 Å². The molecule has 4 heteroatoms. The maximum Gasteiger partial charge on any atom is 0.163 e. The second-order valence-electron chi connectivity index (χ2n) is 4.86. The van der Waals surface area contributed by atoms with E-state index in [9.17, 15) is 0 Å². The fourth-order valence-corrected chi connectivity index (χ4v) is 2.70. The lowest BCUT2D eigenvalue weighted by Crippen LogP contribution is -2.45. The molecule has 4 nitrogen and oxygen atoms in total. The lowest BCUT2D eigenvalue weighted by atomic mass is 10.1. The Labute approximate surface area is 101 Å². The van der Waals surface area contributed by atoms with Crippen LogP contribution in [0.15, 0.2) is 18.2 Å². The number of rotatable bonds is 1. The molecule has 0 saturated carbocycles. The summed E-state index contributed by atoms with van der Waals surface area (Å²) in [6, 6.07) is 6.04. The smallest absolute Gasteiger partial charge is 0.163 e. The molecule has 0 radical (unpaired) electrons. The van der Waals surface area contributed by atoms with Crippen molar-refractivity contribution in [3.05, 3.63) is 18.2 Å². The molecule has 92 valence electrons. The van der Waals surface area contributed by atoms with E-state index in [1.807, 2.05) is 18.2 Å². The van der Waals surface area contributed by atoms with Gasteiger partial charge in [0.05, 0.1) is 0 Å². The molecular formula is C13H18N2O2. The van der Waals surface area contributed by atoms with Gasteiger partial charge in [0, 0.05) is 17.8 Å². The van der Waals surface area contributed by atoms with Gasteiger partial charge in [0.2, 0.25) is 0 Å². The Kier molecular flexibility index (Phi) is 2.59.